The lowest BCUT2D eigenvalue weighted by Crippen LogP contribution is -2.10. The number of H-pyrrole nitrogens is 1. The molecule has 0 radical (unpaired) electrons. The largest absolute Gasteiger partial charge is 0.366 e. The Morgan fingerprint density at radius 1 is 1.40 bits per heavy atom. The third kappa shape index (κ3) is 1.61. The first-order valence-electron chi connectivity index (χ1n) is 5.00. The lowest BCUT2D eigenvalue weighted by atomic mass is 10.0. The van der Waals surface area contributed by atoms with E-state index in [1.165, 1.54) is 5.56 Å². The summed E-state index contributed by atoms with van der Waals surface area (Å²) < 4.78 is 0. The highest BCUT2D eigenvalue weighted by Crippen LogP contribution is 2.25. The van der Waals surface area contributed by atoms with E-state index in [0.717, 1.165) is 10.9 Å². The maximum Gasteiger partial charge on any atom is 0.248 e. The molecular formula is C12H14N2O. The van der Waals surface area contributed by atoms with Gasteiger partial charge in [0.1, 0.15) is 0 Å². The summed E-state index contributed by atoms with van der Waals surface area (Å²) in [5, 5.41) is 1.08. The molecule has 2 rings (SSSR count). The van der Waals surface area contributed by atoms with Crippen LogP contribution in [-0.2, 0) is 0 Å². The summed E-state index contributed by atoms with van der Waals surface area (Å²) in [5.74, 6) is 0.0506. The van der Waals surface area contributed by atoms with Crippen molar-refractivity contribution in [2.45, 2.75) is 19.8 Å². The van der Waals surface area contributed by atoms with Gasteiger partial charge in [0.2, 0.25) is 5.91 Å². The molecule has 1 heterocycles. The average Bonchev–Trinajstić information content (AvgIpc) is 2.59. The van der Waals surface area contributed by atoms with Gasteiger partial charge in [-0.2, -0.15) is 0 Å². The lowest BCUT2D eigenvalue weighted by molar-refractivity contribution is 0.100. The number of nitrogens with two attached hydrogens (primary N) is 1. The molecule has 0 spiro atoms. The van der Waals surface area contributed by atoms with Crippen molar-refractivity contribution in [3.63, 3.8) is 0 Å². The van der Waals surface area contributed by atoms with E-state index < -0.39 is 0 Å². The van der Waals surface area contributed by atoms with Gasteiger partial charge in [0, 0.05) is 22.7 Å². The van der Waals surface area contributed by atoms with Crippen molar-refractivity contribution in [1.82, 2.24) is 4.98 Å². The number of primary amides is 1. The Hall–Kier alpha value is -1.77. The lowest BCUT2D eigenvalue weighted by Gasteiger charge is -2.03. The van der Waals surface area contributed by atoms with Crippen LogP contribution in [0.1, 0.15) is 35.7 Å². The zero-order chi connectivity index (χ0) is 11.0. The Morgan fingerprint density at radius 2 is 2.13 bits per heavy atom. The van der Waals surface area contributed by atoms with Gasteiger partial charge < -0.3 is 10.7 Å². The zero-order valence-electron chi connectivity index (χ0n) is 8.87. The van der Waals surface area contributed by atoms with E-state index >= 15 is 0 Å². The van der Waals surface area contributed by atoms with Crippen molar-refractivity contribution in [3.8, 4) is 0 Å². The van der Waals surface area contributed by atoms with Crippen LogP contribution in [-0.4, -0.2) is 10.9 Å². The highest BCUT2D eigenvalue weighted by Gasteiger charge is 2.09. The van der Waals surface area contributed by atoms with Crippen molar-refractivity contribution in [2.24, 2.45) is 5.73 Å². The second-order valence-corrected chi connectivity index (χ2v) is 4.02. The quantitative estimate of drug-likeness (QED) is 0.771. The van der Waals surface area contributed by atoms with E-state index in [1.54, 1.807) is 6.07 Å². The first kappa shape index (κ1) is 9.77. The number of amides is 1. The molecule has 3 nitrogen and oxygen atoms in total. The predicted octanol–water partition coefficient (Wildman–Crippen LogP) is 2.39. The summed E-state index contributed by atoms with van der Waals surface area (Å²) in [6, 6.07) is 5.48. The molecule has 78 valence electrons. The number of carbonyl (C=O) groups excluding carboxylic acids is 1. The van der Waals surface area contributed by atoms with Crippen LogP contribution in [0.15, 0.2) is 24.4 Å². The summed E-state index contributed by atoms with van der Waals surface area (Å²) in [6.45, 7) is 4.25. The number of hydrogen-bond donors (Lipinski definition) is 2. The SMILES string of the molecule is CC(C)c1c[nH]c2ccc(C(N)=O)cc12. The van der Waals surface area contributed by atoms with Crippen LogP contribution >= 0.6 is 0 Å². The molecule has 3 N–H and O–H groups in total. The van der Waals surface area contributed by atoms with Crippen LogP contribution < -0.4 is 5.73 Å². The minimum Gasteiger partial charge on any atom is -0.366 e. The highest BCUT2D eigenvalue weighted by atomic mass is 16.1. The number of benzene rings is 1. The minimum absolute atomic E-state index is 0.382. The summed E-state index contributed by atoms with van der Waals surface area (Å²) in [4.78, 5) is 14.2. The number of nitrogens with one attached hydrogen (secondary N) is 1. The van der Waals surface area contributed by atoms with E-state index in [2.05, 4.69) is 18.8 Å². The van der Waals surface area contributed by atoms with Gasteiger partial charge in [-0.3, -0.25) is 4.79 Å². The number of fused-ring (bicyclic) bond motifs is 1. The molecular weight excluding hydrogens is 188 g/mol. The normalized spacial score (nSPS) is 11.1. The molecule has 0 bridgehead atoms. The third-order valence-electron chi connectivity index (χ3n) is 2.62. The molecule has 1 aromatic carbocycles. The molecule has 0 fully saturated rings. The van der Waals surface area contributed by atoms with Gasteiger partial charge in [-0.05, 0) is 29.7 Å². The fourth-order valence-electron chi connectivity index (χ4n) is 1.77. The first-order valence-corrected chi connectivity index (χ1v) is 5.00. The molecule has 1 amide bonds. The third-order valence-corrected chi connectivity index (χ3v) is 2.62. The van der Waals surface area contributed by atoms with Crippen LogP contribution in [0.4, 0.5) is 0 Å². The monoisotopic (exact) mass is 202 g/mol. The van der Waals surface area contributed by atoms with Crippen LogP contribution in [0, 0.1) is 0 Å². The minimum atomic E-state index is -0.382. The molecule has 2 aromatic rings. The Bertz CT molecular complexity index is 511. The van der Waals surface area contributed by atoms with Gasteiger partial charge in [-0.1, -0.05) is 13.8 Å². The molecule has 0 aliphatic heterocycles. The van der Waals surface area contributed by atoms with Crippen molar-refractivity contribution in [3.05, 3.63) is 35.5 Å². The van der Waals surface area contributed by atoms with E-state index in [0.29, 0.717) is 11.5 Å². The maximum absolute atomic E-state index is 11.1. The Morgan fingerprint density at radius 3 is 2.73 bits per heavy atom. The van der Waals surface area contributed by atoms with E-state index in [-0.39, 0.29) is 5.91 Å². The van der Waals surface area contributed by atoms with E-state index in [1.807, 2.05) is 18.3 Å². The molecule has 0 saturated heterocycles. The molecule has 0 atom stereocenters. The molecule has 1 aromatic heterocycles. The number of aromatic amines is 1. The van der Waals surface area contributed by atoms with Crippen molar-refractivity contribution in [1.29, 1.82) is 0 Å². The molecule has 0 unspecified atom stereocenters. The van der Waals surface area contributed by atoms with Crippen molar-refractivity contribution >= 4 is 16.8 Å². The van der Waals surface area contributed by atoms with Gasteiger partial charge in [-0.15, -0.1) is 0 Å². The maximum atomic E-state index is 11.1. The average molecular weight is 202 g/mol. The van der Waals surface area contributed by atoms with Gasteiger partial charge in [0.05, 0.1) is 0 Å². The Kier molecular flexibility index (Phi) is 2.23. The number of hydrogen-bond acceptors (Lipinski definition) is 1. The fourth-order valence-corrected chi connectivity index (χ4v) is 1.77. The van der Waals surface area contributed by atoms with Crippen molar-refractivity contribution in [2.75, 3.05) is 0 Å². The topological polar surface area (TPSA) is 58.9 Å². The van der Waals surface area contributed by atoms with E-state index in [9.17, 15) is 4.79 Å². The standard InChI is InChI=1S/C12H14N2O/c1-7(2)10-6-14-11-4-3-8(12(13)15)5-9(10)11/h3-7,14H,1-2H3,(H2,13,15). The smallest absolute Gasteiger partial charge is 0.248 e. The summed E-state index contributed by atoms with van der Waals surface area (Å²) in [6.07, 6.45) is 1.99. The van der Waals surface area contributed by atoms with Crippen LogP contribution in [0.5, 0.6) is 0 Å². The van der Waals surface area contributed by atoms with Crippen LogP contribution in [0.3, 0.4) is 0 Å². The second-order valence-electron chi connectivity index (χ2n) is 4.02. The number of carbonyl (C=O) groups is 1. The van der Waals surface area contributed by atoms with Gasteiger partial charge in [-0.25, -0.2) is 0 Å². The molecule has 0 aliphatic rings. The summed E-state index contributed by atoms with van der Waals surface area (Å²) in [5.41, 5.74) is 8.07. The second kappa shape index (κ2) is 3.42. The zero-order valence-corrected chi connectivity index (χ0v) is 8.87. The van der Waals surface area contributed by atoms with Gasteiger partial charge in [0.25, 0.3) is 0 Å². The molecule has 15 heavy (non-hydrogen) atoms. The molecule has 3 heteroatoms. The van der Waals surface area contributed by atoms with Gasteiger partial charge in [0.15, 0.2) is 0 Å². The van der Waals surface area contributed by atoms with Crippen LogP contribution in [0.2, 0.25) is 0 Å². The van der Waals surface area contributed by atoms with Gasteiger partial charge >= 0.3 is 0 Å². The summed E-state index contributed by atoms with van der Waals surface area (Å²) in [7, 11) is 0. The summed E-state index contributed by atoms with van der Waals surface area (Å²) >= 11 is 0. The molecule has 0 saturated carbocycles. The predicted molar refractivity (Wildman–Crippen MR) is 60.9 cm³/mol. The number of rotatable bonds is 2. The van der Waals surface area contributed by atoms with Crippen molar-refractivity contribution < 1.29 is 4.79 Å². The number of aromatic nitrogens is 1. The first-order chi connectivity index (χ1) is 7.09. The fraction of sp³-hybridized carbons (Fsp3) is 0.250. The van der Waals surface area contributed by atoms with Crippen LogP contribution in [0.25, 0.3) is 10.9 Å². The Labute approximate surface area is 88.3 Å². The molecule has 0 aliphatic carbocycles. The Balaban J connectivity index is 2.66. The highest BCUT2D eigenvalue weighted by molar-refractivity contribution is 5.97. The van der Waals surface area contributed by atoms with E-state index in [4.69, 9.17) is 5.73 Å².